The maximum atomic E-state index is 12.7. The normalized spacial score (nSPS) is 15.2. The highest BCUT2D eigenvalue weighted by Crippen LogP contribution is 2.28. The van der Waals surface area contributed by atoms with Crippen molar-refractivity contribution in [2.75, 3.05) is 13.1 Å². The minimum Gasteiger partial charge on any atom is -0.293 e. The Bertz CT molecular complexity index is 477. The van der Waals surface area contributed by atoms with Crippen molar-refractivity contribution >= 4 is 5.78 Å². The molecule has 1 fully saturated rings. The van der Waals surface area contributed by atoms with Gasteiger partial charge in [-0.3, -0.25) is 9.69 Å². The smallest absolute Gasteiger partial charge is 0.177 e. The second-order valence-electron chi connectivity index (χ2n) is 6.75. The SMILES string of the molecule is Cc1cc(C)c(C(=O)CN(CC(C)C)C2CC2)c(C)c1. The maximum absolute atomic E-state index is 12.7. The van der Waals surface area contributed by atoms with Crippen molar-refractivity contribution in [3.05, 3.63) is 34.4 Å². The Balaban J connectivity index is 2.14. The van der Waals surface area contributed by atoms with Crippen LogP contribution >= 0.6 is 0 Å². The number of Topliss-reactive ketones (excluding diaryl/α,β-unsaturated/α-hetero) is 1. The highest BCUT2D eigenvalue weighted by molar-refractivity contribution is 6.00. The molecular weight excluding hydrogens is 246 g/mol. The molecule has 1 aliphatic rings. The van der Waals surface area contributed by atoms with Crippen LogP contribution in [-0.2, 0) is 0 Å². The van der Waals surface area contributed by atoms with Gasteiger partial charge < -0.3 is 0 Å². The van der Waals surface area contributed by atoms with E-state index in [2.05, 4.69) is 51.7 Å². The molecule has 2 heteroatoms. The van der Waals surface area contributed by atoms with Gasteiger partial charge in [0.1, 0.15) is 0 Å². The third kappa shape index (κ3) is 3.69. The largest absolute Gasteiger partial charge is 0.293 e. The zero-order valence-corrected chi connectivity index (χ0v) is 13.5. The second-order valence-corrected chi connectivity index (χ2v) is 6.75. The van der Waals surface area contributed by atoms with Crippen LogP contribution in [0.15, 0.2) is 12.1 Å². The Kier molecular flexibility index (Phi) is 4.64. The first-order valence-corrected chi connectivity index (χ1v) is 7.73. The topological polar surface area (TPSA) is 20.3 Å². The summed E-state index contributed by atoms with van der Waals surface area (Å²) >= 11 is 0. The molecule has 110 valence electrons. The van der Waals surface area contributed by atoms with Crippen LogP contribution in [0.4, 0.5) is 0 Å². The van der Waals surface area contributed by atoms with E-state index in [1.54, 1.807) is 0 Å². The summed E-state index contributed by atoms with van der Waals surface area (Å²) in [5.41, 5.74) is 4.41. The Morgan fingerprint density at radius 2 is 1.75 bits per heavy atom. The predicted molar refractivity (Wildman–Crippen MR) is 84.4 cm³/mol. The molecule has 0 bridgehead atoms. The number of benzene rings is 1. The number of ketones is 1. The van der Waals surface area contributed by atoms with Gasteiger partial charge in [-0.15, -0.1) is 0 Å². The predicted octanol–water partition coefficient (Wildman–Crippen LogP) is 3.91. The fourth-order valence-corrected chi connectivity index (χ4v) is 3.13. The fourth-order valence-electron chi connectivity index (χ4n) is 3.13. The van der Waals surface area contributed by atoms with E-state index in [1.807, 2.05) is 0 Å². The minimum absolute atomic E-state index is 0.285. The molecule has 1 saturated carbocycles. The van der Waals surface area contributed by atoms with Crippen LogP contribution in [0.5, 0.6) is 0 Å². The van der Waals surface area contributed by atoms with Gasteiger partial charge in [0.15, 0.2) is 5.78 Å². The van der Waals surface area contributed by atoms with Crippen LogP contribution < -0.4 is 0 Å². The van der Waals surface area contributed by atoms with Gasteiger partial charge in [0.2, 0.25) is 0 Å². The molecule has 1 aliphatic carbocycles. The van der Waals surface area contributed by atoms with Gasteiger partial charge in [0.25, 0.3) is 0 Å². The summed E-state index contributed by atoms with van der Waals surface area (Å²) in [7, 11) is 0. The molecule has 0 N–H and O–H groups in total. The molecule has 0 heterocycles. The van der Waals surface area contributed by atoms with Crippen molar-refractivity contribution < 1.29 is 4.79 Å². The summed E-state index contributed by atoms with van der Waals surface area (Å²) in [4.78, 5) is 15.1. The third-order valence-electron chi connectivity index (χ3n) is 3.97. The highest BCUT2D eigenvalue weighted by atomic mass is 16.1. The Morgan fingerprint density at radius 3 is 2.20 bits per heavy atom. The third-order valence-corrected chi connectivity index (χ3v) is 3.97. The van der Waals surface area contributed by atoms with Crippen molar-refractivity contribution in [2.45, 2.75) is 53.5 Å². The lowest BCUT2D eigenvalue weighted by Gasteiger charge is -2.24. The van der Waals surface area contributed by atoms with Gasteiger partial charge in [0.05, 0.1) is 6.54 Å². The van der Waals surface area contributed by atoms with Gasteiger partial charge in [0, 0.05) is 18.2 Å². The van der Waals surface area contributed by atoms with Gasteiger partial charge in [-0.1, -0.05) is 31.5 Å². The molecule has 2 nitrogen and oxygen atoms in total. The Labute approximate surface area is 123 Å². The average molecular weight is 273 g/mol. The lowest BCUT2D eigenvalue weighted by Crippen LogP contribution is -2.35. The van der Waals surface area contributed by atoms with Gasteiger partial charge >= 0.3 is 0 Å². The summed E-state index contributed by atoms with van der Waals surface area (Å²) in [6.45, 7) is 12.2. The van der Waals surface area contributed by atoms with Crippen molar-refractivity contribution in [2.24, 2.45) is 5.92 Å². The Morgan fingerprint density at radius 1 is 1.20 bits per heavy atom. The Hall–Kier alpha value is -1.15. The van der Waals surface area contributed by atoms with E-state index in [0.29, 0.717) is 18.5 Å². The van der Waals surface area contributed by atoms with Crippen molar-refractivity contribution in [1.29, 1.82) is 0 Å². The van der Waals surface area contributed by atoms with E-state index >= 15 is 0 Å². The molecule has 0 amide bonds. The highest BCUT2D eigenvalue weighted by Gasteiger charge is 2.31. The van der Waals surface area contributed by atoms with Crippen molar-refractivity contribution in [3.63, 3.8) is 0 Å². The molecule has 0 saturated heterocycles. The molecule has 1 aromatic rings. The van der Waals surface area contributed by atoms with E-state index in [1.165, 1.54) is 18.4 Å². The van der Waals surface area contributed by atoms with E-state index in [9.17, 15) is 4.79 Å². The van der Waals surface area contributed by atoms with E-state index in [0.717, 1.165) is 23.2 Å². The van der Waals surface area contributed by atoms with Crippen LogP contribution in [0, 0.1) is 26.7 Å². The van der Waals surface area contributed by atoms with Crippen LogP contribution in [-0.4, -0.2) is 29.8 Å². The van der Waals surface area contributed by atoms with E-state index in [4.69, 9.17) is 0 Å². The van der Waals surface area contributed by atoms with Gasteiger partial charge in [-0.05, 0) is 50.7 Å². The average Bonchev–Trinajstić information content (AvgIpc) is 3.09. The number of carbonyl (C=O) groups is 1. The van der Waals surface area contributed by atoms with Crippen molar-refractivity contribution in [1.82, 2.24) is 4.90 Å². The summed E-state index contributed by atoms with van der Waals surface area (Å²) in [5, 5.41) is 0. The number of aryl methyl sites for hydroxylation is 3. The lowest BCUT2D eigenvalue weighted by molar-refractivity contribution is 0.0914. The number of rotatable bonds is 6. The van der Waals surface area contributed by atoms with Crippen LogP contribution in [0.1, 0.15) is 53.7 Å². The van der Waals surface area contributed by atoms with Crippen molar-refractivity contribution in [3.8, 4) is 0 Å². The second kappa shape index (κ2) is 6.09. The fraction of sp³-hybridized carbons (Fsp3) is 0.611. The standard InChI is InChI=1S/C18H27NO/c1-12(2)10-19(16-6-7-16)11-17(20)18-14(4)8-13(3)9-15(18)5/h8-9,12,16H,6-7,10-11H2,1-5H3. The van der Waals surface area contributed by atoms with Crippen LogP contribution in [0.2, 0.25) is 0 Å². The zero-order valence-electron chi connectivity index (χ0n) is 13.5. The number of nitrogens with zero attached hydrogens (tertiary/aromatic N) is 1. The molecule has 0 radical (unpaired) electrons. The first-order valence-electron chi connectivity index (χ1n) is 7.73. The minimum atomic E-state index is 0.285. The molecule has 20 heavy (non-hydrogen) atoms. The molecule has 0 unspecified atom stereocenters. The number of hydrogen-bond donors (Lipinski definition) is 0. The summed E-state index contributed by atoms with van der Waals surface area (Å²) in [5.74, 6) is 0.899. The first-order chi connectivity index (χ1) is 9.38. The van der Waals surface area contributed by atoms with E-state index < -0.39 is 0 Å². The summed E-state index contributed by atoms with van der Waals surface area (Å²) < 4.78 is 0. The molecule has 0 spiro atoms. The van der Waals surface area contributed by atoms with Crippen LogP contribution in [0.3, 0.4) is 0 Å². The van der Waals surface area contributed by atoms with Gasteiger partial charge in [-0.25, -0.2) is 0 Å². The van der Waals surface area contributed by atoms with Gasteiger partial charge in [-0.2, -0.15) is 0 Å². The molecule has 1 aromatic carbocycles. The lowest BCUT2D eigenvalue weighted by atomic mass is 9.96. The molecule has 0 aromatic heterocycles. The van der Waals surface area contributed by atoms with Crippen LogP contribution in [0.25, 0.3) is 0 Å². The monoisotopic (exact) mass is 273 g/mol. The summed E-state index contributed by atoms with van der Waals surface area (Å²) in [6.07, 6.45) is 2.51. The molecular formula is C18H27NO. The molecule has 2 rings (SSSR count). The number of hydrogen-bond acceptors (Lipinski definition) is 2. The van der Waals surface area contributed by atoms with E-state index in [-0.39, 0.29) is 5.78 Å². The first kappa shape index (κ1) is 15.2. The molecule has 0 atom stereocenters. The maximum Gasteiger partial charge on any atom is 0.177 e. The quantitative estimate of drug-likeness (QED) is 0.732. The summed E-state index contributed by atoms with van der Waals surface area (Å²) in [6, 6.07) is 4.88. The number of carbonyl (C=O) groups excluding carboxylic acids is 1. The molecule has 0 aliphatic heterocycles. The zero-order chi connectivity index (χ0) is 14.9.